The van der Waals surface area contributed by atoms with Gasteiger partial charge in [-0.05, 0) is 42.8 Å². The second-order valence-corrected chi connectivity index (χ2v) is 5.63. The molecule has 0 fully saturated rings. The van der Waals surface area contributed by atoms with Crippen LogP contribution < -0.4 is 10.1 Å². The first-order valence-electron chi connectivity index (χ1n) is 7.10. The van der Waals surface area contributed by atoms with E-state index < -0.39 is 0 Å². The fourth-order valence-corrected chi connectivity index (χ4v) is 2.50. The van der Waals surface area contributed by atoms with E-state index in [4.69, 9.17) is 9.84 Å². The topological polar surface area (TPSA) is 41.5 Å². The van der Waals surface area contributed by atoms with Crippen LogP contribution in [0, 0.1) is 0 Å². The molecule has 2 aromatic carbocycles. The molecule has 0 saturated heterocycles. The predicted molar refractivity (Wildman–Crippen MR) is 88.8 cm³/mol. The monoisotopic (exact) mass is 349 g/mol. The molecular formula is C17H20BrNO2. The lowest BCUT2D eigenvalue weighted by molar-refractivity contribution is 0.298. The molecule has 0 bridgehead atoms. The van der Waals surface area contributed by atoms with E-state index in [1.165, 1.54) is 0 Å². The lowest BCUT2D eigenvalue weighted by Crippen LogP contribution is -2.12. The van der Waals surface area contributed by atoms with Crippen molar-refractivity contribution in [3.05, 3.63) is 58.1 Å². The molecule has 2 rings (SSSR count). The Morgan fingerprint density at radius 2 is 1.86 bits per heavy atom. The molecule has 112 valence electrons. The number of hydrogen-bond donors (Lipinski definition) is 2. The number of rotatable bonds is 7. The minimum atomic E-state index is 0.116. The summed E-state index contributed by atoms with van der Waals surface area (Å²) in [4.78, 5) is 0. The third-order valence-corrected chi connectivity index (χ3v) is 3.65. The Balaban J connectivity index is 2.26. The lowest BCUT2D eigenvalue weighted by Gasteiger charge is -2.14. The van der Waals surface area contributed by atoms with Gasteiger partial charge in [0.25, 0.3) is 0 Å². The Labute approximate surface area is 134 Å². The molecule has 0 aliphatic heterocycles. The van der Waals surface area contributed by atoms with Crippen LogP contribution in [0.2, 0.25) is 0 Å². The molecule has 0 aromatic heterocycles. The third-order valence-electron chi connectivity index (χ3n) is 3.16. The van der Waals surface area contributed by atoms with E-state index in [9.17, 15) is 0 Å². The number of para-hydroxylation sites is 1. The van der Waals surface area contributed by atoms with Crippen LogP contribution in [-0.2, 0) is 13.0 Å². The maximum atomic E-state index is 9.15. The molecule has 0 atom stereocenters. The van der Waals surface area contributed by atoms with E-state index in [0.717, 1.165) is 40.2 Å². The number of aliphatic hydroxyl groups excluding tert-OH is 1. The zero-order valence-corrected chi connectivity index (χ0v) is 13.7. The summed E-state index contributed by atoms with van der Waals surface area (Å²) < 4.78 is 7.11. The van der Waals surface area contributed by atoms with Gasteiger partial charge < -0.3 is 15.2 Å². The van der Waals surface area contributed by atoms with Gasteiger partial charge in [0.1, 0.15) is 11.5 Å². The molecule has 2 aromatic rings. The molecular weight excluding hydrogens is 330 g/mol. The maximum absolute atomic E-state index is 9.15. The highest BCUT2D eigenvalue weighted by molar-refractivity contribution is 9.10. The van der Waals surface area contributed by atoms with Crippen molar-refractivity contribution in [1.82, 2.24) is 5.32 Å². The fourth-order valence-electron chi connectivity index (χ4n) is 2.09. The minimum absolute atomic E-state index is 0.116. The van der Waals surface area contributed by atoms with E-state index in [1.807, 2.05) is 36.4 Å². The molecule has 0 amide bonds. The highest BCUT2D eigenvalue weighted by Gasteiger charge is 2.08. The SMILES string of the molecule is CCNCc1cc(Br)ccc1Oc1ccccc1CCO. The van der Waals surface area contributed by atoms with Crippen LogP contribution in [-0.4, -0.2) is 18.3 Å². The van der Waals surface area contributed by atoms with Gasteiger partial charge in [-0.2, -0.15) is 0 Å². The smallest absolute Gasteiger partial charge is 0.132 e. The summed E-state index contributed by atoms with van der Waals surface area (Å²) in [6, 6.07) is 13.8. The summed E-state index contributed by atoms with van der Waals surface area (Å²) in [5.74, 6) is 1.64. The molecule has 0 spiro atoms. The Kier molecular flexibility index (Phi) is 6.23. The van der Waals surface area contributed by atoms with Gasteiger partial charge in [-0.15, -0.1) is 0 Å². The van der Waals surface area contributed by atoms with Crippen molar-refractivity contribution in [2.45, 2.75) is 19.9 Å². The second-order valence-electron chi connectivity index (χ2n) is 4.72. The molecule has 0 heterocycles. The summed E-state index contributed by atoms with van der Waals surface area (Å²) in [6.45, 7) is 3.86. The predicted octanol–water partition coefficient (Wildman–Crippen LogP) is 3.89. The van der Waals surface area contributed by atoms with Crippen molar-refractivity contribution < 1.29 is 9.84 Å². The highest BCUT2D eigenvalue weighted by atomic mass is 79.9. The molecule has 0 aliphatic carbocycles. The van der Waals surface area contributed by atoms with Gasteiger partial charge in [0, 0.05) is 23.2 Å². The van der Waals surface area contributed by atoms with Gasteiger partial charge in [-0.3, -0.25) is 0 Å². The molecule has 4 heteroatoms. The largest absolute Gasteiger partial charge is 0.457 e. The molecule has 2 N–H and O–H groups in total. The van der Waals surface area contributed by atoms with Gasteiger partial charge in [-0.1, -0.05) is 41.1 Å². The average Bonchev–Trinajstić information content (AvgIpc) is 2.49. The van der Waals surface area contributed by atoms with Gasteiger partial charge in [0.05, 0.1) is 0 Å². The van der Waals surface area contributed by atoms with E-state index in [0.29, 0.717) is 6.42 Å². The normalized spacial score (nSPS) is 10.6. The van der Waals surface area contributed by atoms with Gasteiger partial charge in [0.2, 0.25) is 0 Å². The second kappa shape index (κ2) is 8.17. The first kappa shape index (κ1) is 16.0. The molecule has 0 unspecified atom stereocenters. The van der Waals surface area contributed by atoms with Crippen molar-refractivity contribution in [3.63, 3.8) is 0 Å². The molecule has 0 radical (unpaired) electrons. The first-order valence-corrected chi connectivity index (χ1v) is 7.89. The molecule has 21 heavy (non-hydrogen) atoms. The summed E-state index contributed by atoms with van der Waals surface area (Å²) in [5, 5.41) is 12.5. The van der Waals surface area contributed by atoms with E-state index in [2.05, 4.69) is 34.2 Å². The standard InChI is InChI=1S/C17H20BrNO2/c1-2-19-12-14-11-15(18)7-8-17(14)21-16-6-4-3-5-13(16)9-10-20/h3-8,11,19-20H,2,9-10,12H2,1H3. The number of nitrogens with one attached hydrogen (secondary N) is 1. The van der Waals surface area contributed by atoms with Crippen LogP contribution in [0.3, 0.4) is 0 Å². The third kappa shape index (κ3) is 4.56. The number of halogens is 1. The lowest BCUT2D eigenvalue weighted by atomic mass is 10.1. The summed E-state index contributed by atoms with van der Waals surface area (Å²) in [7, 11) is 0. The number of aliphatic hydroxyl groups is 1. The van der Waals surface area contributed by atoms with E-state index >= 15 is 0 Å². The van der Waals surface area contributed by atoms with Crippen molar-refractivity contribution >= 4 is 15.9 Å². The Hall–Kier alpha value is -1.36. The van der Waals surface area contributed by atoms with Crippen LogP contribution >= 0.6 is 15.9 Å². The number of hydrogen-bond acceptors (Lipinski definition) is 3. The Morgan fingerprint density at radius 1 is 1.10 bits per heavy atom. The highest BCUT2D eigenvalue weighted by Crippen LogP contribution is 2.30. The van der Waals surface area contributed by atoms with Gasteiger partial charge in [-0.25, -0.2) is 0 Å². The van der Waals surface area contributed by atoms with E-state index in [-0.39, 0.29) is 6.61 Å². The van der Waals surface area contributed by atoms with Gasteiger partial charge >= 0.3 is 0 Å². The maximum Gasteiger partial charge on any atom is 0.132 e. The summed E-state index contributed by atoms with van der Waals surface area (Å²) in [5.41, 5.74) is 2.11. The van der Waals surface area contributed by atoms with Crippen LogP contribution in [0.4, 0.5) is 0 Å². The van der Waals surface area contributed by atoms with Crippen molar-refractivity contribution in [1.29, 1.82) is 0 Å². The van der Waals surface area contributed by atoms with Gasteiger partial charge in [0.15, 0.2) is 0 Å². The van der Waals surface area contributed by atoms with Crippen LogP contribution in [0.5, 0.6) is 11.5 Å². The fraction of sp³-hybridized carbons (Fsp3) is 0.294. The molecule has 3 nitrogen and oxygen atoms in total. The Morgan fingerprint density at radius 3 is 2.62 bits per heavy atom. The zero-order valence-electron chi connectivity index (χ0n) is 12.1. The van der Waals surface area contributed by atoms with Crippen LogP contribution in [0.15, 0.2) is 46.9 Å². The molecule has 0 aliphatic rings. The van der Waals surface area contributed by atoms with E-state index in [1.54, 1.807) is 0 Å². The molecule has 0 saturated carbocycles. The van der Waals surface area contributed by atoms with Crippen molar-refractivity contribution in [2.75, 3.05) is 13.2 Å². The first-order chi connectivity index (χ1) is 10.2. The number of ether oxygens (including phenoxy) is 1. The van der Waals surface area contributed by atoms with Crippen molar-refractivity contribution in [3.8, 4) is 11.5 Å². The summed E-state index contributed by atoms with van der Waals surface area (Å²) in [6.07, 6.45) is 0.593. The van der Waals surface area contributed by atoms with Crippen LogP contribution in [0.1, 0.15) is 18.1 Å². The number of benzene rings is 2. The quantitative estimate of drug-likeness (QED) is 0.796. The summed E-state index contributed by atoms with van der Waals surface area (Å²) >= 11 is 3.50. The van der Waals surface area contributed by atoms with Crippen molar-refractivity contribution in [2.24, 2.45) is 0 Å². The zero-order chi connectivity index (χ0) is 15.1. The Bertz CT molecular complexity index is 587. The minimum Gasteiger partial charge on any atom is -0.457 e. The van der Waals surface area contributed by atoms with Crippen LogP contribution in [0.25, 0.3) is 0 Å². The average molecular weight is 350 g/mol.